The minimum Gasteiger partial charge on any atom is -0.480 e. The van der Waals surface area contributed by atoms with E-state index in [2.05, 4.69) is 5.10 Å². The van der Waals surface area contributed by atoms with Gasteiger partial charge in [-0.05, 0) is 38.1 Å². The van der Waals surface area contributed by atoms with Crippen LogP contribution in [0.1, 0.15) is 24.2 Å². The number of carbonyl (C=O) groups is 1. The van der Waals surface area contributed by atoms with Crippen molar-refractivity contribution < 1.29 is 9.90 Å². The van der Waals surface area contributed by atoms with Crippen LogP contribution in [0.2, 0.25) is 5.02 Å². The predicted molar refractivity (Wildman–Crippen MR) is 82.8 cm³/mol. The topological polar surface area (TPSA) is 58.4 Å². The summed E-state index contributed by atoms with van der Waals surface area (Å²) in [5.74, 6) is -0.877. The monoisotopic (exact) mass is 307 g/mol. The van der Waals surface area contributed by atoms with Crippen LogP contribution in [0.15, 0.2) is 30.5 Å². The van der Waals surface area contributed by atoms with Crippen molar-refractivity contribution in [3.8, 4) is 0 Å². The van der Waals surface area contributed by atoms with E-state index >= 15 is 0 Å². The molecule has 0 saturated carbocycles. The molecule has 2 aromatic rings. The first-order valence-corrected chi connectivity index (χ1v) is 7.00. The average Bonchev–Trinajstić information content (AvgIpc) is 2.75. The Hall–Kier alpha value is -2.01. The molecule has 5 nitrogen and oxygen atoms in total. The molecule has 0 radical (unpaired) electrons. The number of anilines is 1. The number of aryl methyl sites for hydroxylation is 2. The maximum Gasteiger partial charge on any atom is 0.323 e. The van der Waals surface area contributed by atoms with Crippen LogP contribution in [-0.4, -0.2) is 27.4 Å². The Balaban J connectivity index is 2.37. The molecular formula is C15H18ClN3O2. The zero-order valence-electron chi connectivity index (χ0n) is 12.2. The molecule has 2 rings (SSSR count). The number of benzene rings is 1. The molecule has 21 heavy (non-hydrogen) atoms. The lowest BCUT2D eigenvalue weighted by Crippen LogP contribution is -2.32. The van der Waals surface area contributed by atoms with Gasteiger partial charge < -0.3 is 10.0 Å². The van der Waals surface area contributed by atoms with Crippen LogP contribution in [0.25, 0.3) is 0 Å². The maximum absolute atomic E-state index is 11.2. The molecule has 6 heteroatoms. The van der Waals surface area contributed by atoms with Crippen LogP contribution in [0.3, 0.4) is 0 Å². The van der Waals surface area contributed by atoms with Crippen molar-refractivity contribution in [1.29, 1.82) is 0 Å². The molecule has 0 fully saturated rings. The molecule has 112 valence electrons. The molecule has 0 aliphatic rings. The number of hydrogen-bond donors (Lipinski definition) is 1. The first-order chi connectivity index (χ1) is 9.88. The quantitative estimate of drug-likeness (QED) is 0.922. The van der Waals surface area contributed by atoms with E-state index < -0.39 is 5.97 Å². The van der Waals surface area contributed by atoms with E-state index in [0.717, 1.165) is 16.9 Å². The van der Waals surface area contributed by atoms with E-state index in [4.69, 9.17) is 11.6 Å². The second-order valence-corrected chi connectivity index (χ2v) is 5.45. The summed E-state index contributed by atoms with van der Waals surface area (Å²) in [5.41, 5.74) is 2.72. The van der Waals surface area contributed by atoms with Crippen molar-refractivity contribution in [2.45, 2.75) is 19.9 Å². The number of hydrogen-bond acceptors (Lipinski definition) is 3. The number of carboxylic acids is 1. The largest absolute Gasteiger partial charge is 0.480 e. The van der Waals surface area contributed by atoms with Gasteiger partial charge in [-0.2, -0.15) is 5.10 Å². The standard InChI is InChI=1S/C15H18ClN3O2/c1-10-14(8-18(3)17-10)11(2)19(9-15(20)21)13-6-4-12(16)5-7-13/h4-8,11H,9H2,1-3H3,(H,20,21). The third kappa shape index (κ3) is 3.55. The number of nitrogens with zero attached hydrogens (tertiary/aromatic N) is 3. The van der Waals surface area contributed by atoms with Gasteiger partial charge in [0.2, 0.25) is 0 Å². The summed E-state index contributed by atoms with van der Waals surface area (Å²) in [6.45, 7) is 3.81. The van der Waals surface area contributed by atoms with Crippen molar-refractivity contribution in [2.24, 2.45) is 7.05 Å². The highest BCUT2D eigenvalue weighted by Gasteiger charge is 2.22. The van der Waals surface area contributed by atoms with E-state index in [0.29, 0.717) is 5.02 Å². The van der Waals surface area contributed by atoms with Gasteiger partial charge in [0, 0.05) is 29.5 Å². The molecule has 1 atom stereocenters. The zero-order valence-corrected chi connectivity index (χ0v) is 13.0. The van der Waals surface area contributed by atoms with Crippen LogP contribution in [0.4, 0.5) is 5.69 Å². The van der Waals surface area contributed by atoms with E-state index in [1.54, 1.807) is 16.8 Å². The van der Waals surface area contributed by atoms with Gasteiger partial charge >= 0.3 is 5.97 Å². The van der Waals surface area contributed by atoms with E-state index in [1.165, 1.54) is 0 Å². The summed E-state index contributed by atoms with van der Waals surface area (Å²) in [6, 6.07) is 7.07. The highest BCUT2D eigenvalue weighted by atomic mass is 35.5. The number of carboxylic acid groups (broad SMARTS) is 1. The van der Waals surface area contributed by atoms with Crippen LogP contribution in [0.5, 0.6) is 0 Å². The lowest BCUT2D eigenvalue weighted by Gasteiger charge is -2.29. The first kappa shape index (κ1) is 15.4. The van der Waals surface area contributed by atoms with Crippen molar-refractivity contribution in [3.05, 3.63) is 46.7 Å². The molecule has 1 heterocycles. The number of halogens is 1. The lowest BCUT2D eigenvalue weighted by molar-refractivity contribution is -0.135. The second-order valence-electron chi connectivity index (χ2n) is 5.02. The van der Waals surface area contributed by atoms with Gasteiger partial charge in [0.15, 0.2) is 0 Å². The SMILES string of the molecule is Cc1nn(C)cc1C(C)N(CC(=O)O)c1ccc(Cl)cc1. The van der Waals surface area contributed by atoms with Gasteiger partial charge in [0.25, 0.3) is 0 Å². The second kappa shape index (κ2) is 6.18. The summed E-state index contributed by atoms with van der Waals surface area (Å²) in [7, 11) is 1.85. The van der Waals surface area contributed by atoms with Gasteiger partial charge in [-0.1, -0.05) is 11.6 Å². The normalized spacial score (nSPS) is 12.2. The van der Waals surface area contributed by atoms with E-state index in [9.17, 15) is 9.90 Å². The summed E-state index contributed by atoms with van der Waals surface area (Å²) in [4.78, 5) is 13.0. The Morgan fingerprint density at radius 1 is 1.43 bits per heavy atom. The summed E-state index contributed by atoms with van der Waals surface area (Å²) in [5, 5.41) is 14.1. The van der Waals surface area contributed by atoms with Crippen molar-refractivity contribution in [3.63, 3.8) is 0 Å². The summed E-state index contributed by atoms with van der Waals surface area (Å²) < 4.78 is 1.74. The molecule has 1 aromatic carbocycles. The Bertz CT molecular complexity index is 637. The summed E-state index contributed by atoms with van der Waals surface area (Å²) >= 11 is 5.90. The fourth-order valence-corrected chi connectivity index (χ4v) is 2.55. The molecular weight excluding hydrogens is 290 g/mol. The maximum atomic E-state index is 11.2. The lowest BCUT2D eigenvalue weighted by atomic mass is 10.1. The van der Waals surface area contributed by atoms with E-state index in [-0.39, 0.29) is 12.6 Å². The predicted octanol–water partition coefficient (Wildman–Crippen LogP) is 3.03. The zero-order chi connectivity index (χ0) is 15.6. The van der Waals surface area contributed by atoms with Crippen molar-refractivity contribution in [1.82, 2.24) is 9.78 Å². The van der Waals surface area contributed by atoms with Crippen molar-refractivity contribution >= 4 is 23.3 Å². The number of aromatic nitrogens is 2. The van der Waals surface area contributed by atoms with Gasteiger partial charge in [-0.15, -0.1) is 0 Å². The third-order valence-corrected chi connectivity index (χ3v) is 3.68. The van der Waals surface area contributed by atoms with Crippen LogP contribution in [-0.2, 0) is 11.8 Å². The number of rotatable bonds is 5. The van der Waals surface area contributed by atoms with Crippen molar-refractivity contribution in [2.75, 3.05) is 11.4 Å². The molecule has 0 aliphatic carbocycles. The molecule has 0 spiro atoms. The van der Waals surface area contributed by atoms with Gasteiger partial charge in [-0.25, -0.2) is 0 Å². The van der Waals surface area contributed by atoms with Gasteiger partial charge in [0.1, 0.15) is 6.54 Å². The molecule has 1 aromatic heterocycles. The molecule has 1 unspecified atom stereocenters. The fourth-order valence-electron chi connectivity index (χ4n) is 2.43. The molecule has 0 bridgehead atoms. The van der Waals surface area contributed by atoms with Gasteiger partial charge in [0.05, 0.1) is 11.7 Å². The Morgan fingerprint density at radius 3 is 2.52 bits per heavy atom. The first-order valence-electron chi connectivity index (χ1n) is 6.62. The Kier molecular flexibility index (Phi) is 4.53. The van der Waals surface area contributed by atoms with Crippen LogP contribution >= 0.6 is 11.6 Å². The van der Waals surface area contributed by atoms with Gasteiger partial charge in [-0.3, -0.25) is 9.48 Å². The third-order valence-electron chi connectivity index (χ3n) is 3.43. The minimum atomic E-state index is -0.877. The molecule has 1 N–H and O–H groups in total. The Morgan fingerprint density at radius 2 is 2.05 bits per heavy atom. The summed E-state index contributed by atoms with van der Waals surface area (Å²) in [6.07, 6.45) is 1.92. The van der Waals surface area contributed by atoms with E-state index in [1.807, 2.05) is 44.1 Å². The smallest absolute Gasteiger partial charge is 0.323 e. The Labute approximate surface area is 128 Å². The van der Waals surface area contributed by atoms with Crippen LogP contribution < -0.4 is 4.90 Å². The van der Waals surface area contributed by atoms with Crippen LogP contribution in [0, 0.1) is 6.92 Å². The molecule has 0 aliphatic heterocycles. The highest BCUT2D eigenvalue weighted by molar-refractivity contribution is 6.30. The number of aliphatic carboxylic acids is 1. The average molecular weight is 308 g/mol. The fraction of sp³-hybridized carbons (Fsp3) is 0.333. The molecule has 0 amide bonds. The highest BCUT2D eigenvalue weighted by Crippen LogP contribution is 2.29. The minimum absolute atomic E-state index is 0.0862. The molecule has 0 saturated heterocycles.